The lowest BCUT2D eigenvalue weighted by molar-refractivity contribution is 0.635. The number of hydrogen-bond donors (Lipinski definition) is 2. The number of benzene rings is 1. The van der Waals surface area contributed by atoms with E-state index in [0.717, 1.165) is 37.5 Å². The van der Waals surface area contributed by atoms with Gasteiger partial charge in [-0.15, -0.1) is 24.0 Å². The van der Waals surface area contributed by atoms with Crippen molar-refractivity contribution >= 4 is 29.9 Å². The molecule has 150 valence electrons. The van der Waals surface area contributed by atoms with Crippen LogP contribution in [0.1, 0.15) is 41.9 Å². The van der Waals surface area contributed by atoms with E-state index in [4.69, 9.17) is 0 Å². The highest BCUT2D eigenvalue weighted by Gasteiger charge is 2.13. The van der Waals surface area contributed by atoms with Gasteiger partial charge in [0.25, 0.3) is 0 Å². The number of hydrogen-bond acceptors (Lipinski definition) is 2. The second kappa shape index (κ2) is 11.3. The van der Waals surface area contributed by atoms with Crippen molar-refractivity contribution in [3.63, 3.8) is 0 Å². The zero-order chi connectivity index (χ0) is 19.1. The zero-order valence-corrected chi connectivity index (χ0v) is 19.8. The van der Waals surface area contributed by atoms with Gasteiger partial charge in [0.1, 0.15) is 0 Å². The first-order valence-corrected chi connectivity index (χ1v) is 9.48. The number of nitrogens with zero attached hydrogens (tertiary/aromatic N) is 3. The molecule has 0 saturated heterocycles. The van der Waals surface area contributed by atoms with Crippen molar-refractivity contribution in [1.29, 1.82) is 0 Å². The summed E-state index contributed by atoms with van der Waals surface area (Å²) >= 11 is 0. The summed E-state index contributed by atoms with van der Waals surface area (Å²) in [4.78, 5) is 4.35. The van der Waals surface area contributed by atoms with E-state index in [1.54, 1.807) is 0 Å². The Hall–Kier alpha value is -1.57. The number of rotatable bonds is 7. The molecular formula is C21H34IN5. The fourth-order valence-electron chi connectivity index (χ4n) is 3.17. The standard InChI is InChI=1S/C21H33N5.HI/c1-7-18-8-10-19(11-9-18)12-13-23-21(22-5)24-15(2)14-20-16(3)25-26(6)17(20)4;/h8-11,15H,7,12-14H2,1-6H3,(H2,22,23,24);1H. The van der Waals surface area contributed by atoms with Crippen molar-refractivity contribution in [1.82, 2.24) is 20.4 Å². The Morgan fingerprint density at radius 3 is 2.33 bits per heavy atom. The lowest BCUT2D eigenvalue weighted by atomic mass is 10.1. The van der Waals surface area contributed by atoms with Gasteiger partial charge in [0.15, 0.2) is 5.96 Å². The van der Waals surface area contributed by atoms with Gasteiger partial charge in [-0.2, -0.15) is 5.10 Å². The van der Waals surface area contributed by atoms with Crippen LogP contribution in [0.15, 0.2) is 29.3 Å². The molecule has 1 atom stereocenters. The first-order valence-electron chi connectivity index (χ1n) is 9.48. The summed E-state index contributed by atoms with van der Waals surface area (Å²) in [6, 6.07) is 9.14. The average Bonchev–Trinajstić information content (AvgIpc) is 2.87. The normalized spacial score (nSPS) is 12.4. The first kappa shape index (κ1) is 23.5. The minimum atomic E-state index is 0. The van der Waals surface area contributed by atoms with Crippen LogP contribution in [0.5, 0.6) is 0 Å². The predicted octanol–water partition coefficient (Wildman–Crippen LogP) is 3.56. The van der Waals surface area contributed by atoms with E-state index in [0.29, 0.717) is 0 Å². The molecule has 1 unspecified atom stereocenters. The molecule has 0 saturated carbocycles. The Morgan fingerprint density at radius 1 is 1.19 bits per heavy atom. The van der Waals surface area contributed by atoms with Gasteiger partial charge in [-0.3, -0.25) is 9.67 Å². The predicted molar refractivity (Wildman–Crippen MR) is 125 cm³/mol. The molecule has 1 heterocycles. The number of guanidine groups is 1. The van der Waals surface area contributed by atoms with Gasteiger partial charge in [0.05, 0.1) is 5.69 Å². The lowest BCUT2D eigenvalue weighted by Gasteiger charge is -2.18. The second-order valence-electron chi connectivity index (χ2n) is 6.94. The molecule has 6 heteroatoms. The third kappa shape index (κ3) is 6.83. The fraction of sp³-hybridized carbons (Fsp3) is 0.524. The number of aryl methyl sites for hydroxylation is 3. The van der Waals surface area contributed by atoms with Crippen molar-refractivity contribution in [2.45, 2.75) is 53.0 Å². The molecule has 0 aliphatic rings. The molecule has 27 heavy (non-hydrogen) atoms. The molecule has 0 amide bonds. The summed E-state index contributed by atoms with van der Waals surface area (Å²) in [5.41, 5.74) is 6.39. The number of nitrogens with one attached hydrogen (secondary N) is 2. The topological polar surface area (TPSA) is 54.2 Å². The van der Waals surface area contributed by atoms with Crippen LogP contribution in [0, 0.1) is 13.8 Å². The van der Waals surface area contributed by atoms with E-state index >= 15 is 0 Å². The van der Waals surface area contributed by atoms with Gasteiger partial charge < -0.3 is 10.6 Å². The van der Waals surface area contributed by atoms with Crippen LogP contribution < -0.4 is 10.6 Å². The van der Waals surface area contributed by atoms with E-state index in [2.05, 4.69) is 72.7 Å². The highest BCUT2D eigenvalue weighted by Crippen LogP contribution is 2.14. The van der Waals surface area contributed by atoms with Gasteiger partial charge >= 0.3 is 0 Å². The zero-order valence-electron chi connectivity index (χ0n) is 17.5. The van der Waals surface area contributed by atoms with E-state index in [1.807, 2.05) is 18.8 Å². The molecule has 2 aromatic rings. The van der Waals surface area contributed by atoms with Gasteiger partial charge in [0, 0.05) is 32.4 Å². The molecule has 2 N–H and O–H groups in total. The van der Waals surface area contributed by atoms with Crippen LogP contribution in [0.3, 0.4) is 0 Å². The summed E-state index contributed by atoms with van der Waals surface area (Å²) in [5.74, 6) is 0.849. The minimum absolute atomic E-state index is 0. The van der Waals surface area contributed by atoms with E-state index in [9.17, 15) is 0 Å². The van der Waals surface area contributed by atoms with E-state index in [-0.39, 0.29) is 30.0 Å². The van der Waals surface area contributed by atoms with Gasteiger partial charge in [-0.25, -0.2) is 0 Å². The van der Waals surface area contributed by atoms with Crippen LogP contribution >= 0.6 is 24.0 Å². The monoisotopic (exact) mass is 483 g/mol. The number of aromatic nitrogens is 2. The maximum atomic E-state index is 4.50. The van der Waals surface area contributed by atoms with Crippen molar-refractivity contribution < 1.29 is 0 Å². The summed E-state index contributed by atoms with van der Waals surface area (Å²) in [5, 5.41) is 11.4. The molecule has 0 bridgehead atoms. The largest absolute Gasteiger partial charge is 0.356 e. The highest BCUT2D eigenvalue weighted by atomic mass is 127. The number of halogens is 1. The quantitative estimate of drug-likeness (QED) is 0.360. The molecule has 1 aromatic heterocycles. The Balaban J connectivity index is 0.00000364. The molecule has 1 aromatic carbocycles. The maximum Gasteiger partial charge on any atom is 0.191 e. The molecular weight excluding hydrogens is 449 g/mol. The Labute approximate surface area is 181 Å². The molecule has 0 fully saturated rings. The molecule has 0 aliphatic heterocycles. The van der Waals surface area contributed by atoms with Gasteiger partial charge in [-0.1, -0.05) is 31.2 Å². The molecule has 5 nitrogen and oxygen atoms in total. The average molecular weight is 483 g/mol. The summed E-state index contributed by atoms with van der Waals surface area (Å²) in [6.07, 6.45) is 3.01. The van der Waals surface area contributed by atoms with Crippen LogP contribution in [-0.2, 0) is 26.3 Å². The van der Waals surface area contributed by atoms with Gasteiger partial charge in [0.2, 0.25) is 0 Å². The smallest absolute Gasteiger partial charge is 0.191 e. The Bertz CT molecular complexity index is 734. The molecule has 2 rings (SSSR count). The van der Waals surface area contributed by atoms with Crippen molar-refractivity contribution in [3.8, 4) is 0 Å². The van der Waals surface area contributed by atoms with Crippen LogP contribution in [0.4, 0.5) is 0 Å². The maximum absolute atomic E-state index is 4.50. The Kier molecular flexibility index (Phi) is 9.83. The SMILES string of the molecule is CCc1ccc(CCNC(=NC)NC(C)Cc2c(C)nn(C)c2C)cc1.I. The van der Waals surface area contributed by atoms with Crippen molar-refractivity contribution in [2.75, 3.05) is 13.6 Å². The molecule has 0 aliphatic carbocycles. The fourth-order valence-corrected chi connectivity index (χ4v) is 3.17. The third-order valence-corrected chi connectivity index (χ3v) is 4.91. The van der Waals surface area contributed by atoms with Crippen LogP contribution in [0.25, 0.3) is 0 Å². The van der Waals surface area contributed by atoms with E-state index < -0.39 is 0 Å². The van der Waals surface area contributed by atoms with Crippen molar-refractivity contribution in [2.24, 2.45) is 12.0 Å². The van der Waals surface area contributed by atoms with Crippen LogP contribution in [-0.4, -0.2) is 35.4 Å². The lowest BCUT2D eigenvalue weighted by Crippen LogP contribution is -2.43. The highest BCUT2D eigenvalue weighted by molar-refractivity contribution is 14.0. The second-order valence-corrected chi connectivity index (χ2v) is 6.94. The molecule has 0 radical (unpaired) electrons. The minimum Gasteiger partial charge on any atom is -0.356 e. The van der Waals surface area contributed by atoms with Crippen LogP contribution in [0.2, 0.25) is 0 Å². The summed E-state index contributed by atoms with van der Waals surface area (Å²) in [6.45, 7) is 9.43. The van der Waals surface area contributed by atoms with Crippen molar-refractivity contribution in [3.05, 3.63) is 52.3 Å². The Morgan fingerprint density at radius 2 is 1.81 bits per heavy atom. The third-order valence-electron chi connectivity index (χ3n) is 4.91. The summed E-state index contributed by atoms with van der Waals surface area (Å²) in [7, 11) is 3.82. The molecule has 0 spiro atoms. The summed E-state index contributed by atoms with van der Waals surface area (Å²) < 4.78 is 1.95. The van der Waals surface area contributed by atoms with Gasteiger partial charge in [-0.05, 0) is 56.7 Å². The number of aliphatic imine (C=N–C) groups is 1. The van der Waals surface area contributed by atoms with E-state index in [1.165, 1.54) is 22.4 Å². The first-order chi connectivity index (χ1) is 12.4.